The molecule has 0 spiro atoms. The number of nitrogens with zero attached hydrogens (tertiary/aromatic N) is 3. The molecule has 136 valence electrons. The van der Waals surface area contributed by atoms with Crippen LogP contribution in [-0.2, 0) is 0 Å². The summed E-state index contributed by atoms with van der Waals surface area (Å²) >= 11 is 0. The van der Waals surface area contributed by atoms with Crippen molar-refractivity contribution in [1.82, 2.24) is 9.97 Å². The molecule has 26 heavy (non-hydrogen) atoms. The summed E-state index contributed by atoms with van der Waals surface area (Å²) in [5.74, 6) is 3.11. The van der Waals surface area contributed by atoms with E-state index in [-0.39, 0.29) is 0 Å². The fourth-order valence-corrected chi connectivity index (χ4v) is 2.86. The summed E-state index contributed by atoms with van der Waals surface area (Å²) in [6.07, 6.45) is 2.10. The van der Waals surface area contributed by atoms with Crippen LogP contribution in [0.1, 0.15) is 25.6 Å². The number of fused-ring (bicyclic) bond motifs is 1. The van der Waals surface area contributed by atoms with Gasteiger partial charge in [-0.1, -0.05) is 25.5 Å². The molecule has 1 aromatic heterocycles. The molecule has 3 aromatic rings. The third-order valence-electron chi connectivity index (χ3n) is 4.30. The van der Waals surface area contributed by atoms with E-state index in [0.29, 0.717) is 6.61 Å². The lowest BCUT2D eigenvalue weighted by molar-refractivity contribution is 0.288. The number of anilines is 2. The second-order valence-corrected chi connectivity index (χ2v) is 6.21. The van der Waals surface area contributed by atoms with Gasteiger partial charge in [-0.05, 0) is 37.6 Å². The first-order chi connectivity index (χ1) is 12.6. The molecule has 0 aliphatic rings. The normalized spacial score (nSPS) is 10.8. The summed E-state index contributed by atoms with van der Waals surface area (Å²) < 4.78 is 11.4. The van der Waals surface area contributed by atoms with Gasteiger partial charge in [0, 0.05) is 24.2 Å². The highest BCUT2D eigenvalue weighted by molar-refractivity contribution is 5.91. The molecule has 5 heteroatoms. The van der Waals surface area contributed by atoms with Crippen molar-refractivity contribution in [2.45, 2.75) is 26.7 Å². The van der Waals surface area contributed by atoms with E-state index in [1.54, 1.807) is 7.11 Å². The van der Waals surface area contributed by atoms with E-state index in [1.165, 1.54) is 0 Å². The van der Waals surface area contributed by atoms with Gasteiger partial charge in [-0.3, -0.25) is 0 Å². The van der Waals surface area contributed by atoms with Gasteiger partial charge in [-0.25, -0.2) is 9.97 Å². The van der Waals surface area contributed by atoms with Crippen molar-refractivity contribution in [3.05, 3.63) is 48.3 Å². The first-order valence-corrected chi connectivity index (χ1v) is 8.92. The second-order valence-electron chi connectivity index (χ2n) is 6.21. The van der Waals surface area contributed by atoms with Gasteiger partial charge in [0.25, 0.3) is 0 Å². The van der Waals surface area contributed by atoms with Crippen molar-refractivity contribution in [3.63, 3.8) is 0 Å². The molecule has 5 nitrogen and oxygen atoms in total. The van der Waals surface area contributed by atoms with Crippen LogP contribution in [-0.4, -0.2) is 30.7 Å². The molecule has 1 heterocycles. The smallest absolute Gasteiger partial charge is 0.163 e. The van der Waals surface area contributed by atoms with Crippen LogP contribution in [0.4, 0.5) is 11.5 Å². The van der Waals surface area contributed by atoms with E-state index in [2.05, 4.69) is 21.8 Å². The quantitative estimate of drug-likeness (QED) is 0.567. The molecule has 0 fully saturated rings. The monoisotopic (exact) mass is 351 g/mol. The molecule has 2 aromatic carbocycles. The Balaban J connectivity index is 2.00. The first-order valence-electron chi connectivity index (χ1n) is 8.92. The summed E-state index contributed by atoms with van der Waals surface area (Å²) in [6.45, 7) is 4.74. The average Bonchev–Trinajstić information content (AvgIpc) is 2.66. The van der Waals surface area contributed by atoms with E-state index >= 15 is 0 Å². The van der Waals surface area contributed by atoms with Crippen molar-refractivity contribution in [3.8, 4) is 11.5 Å². The van der Waals surface area contributed by atoms with E-state index in [1.807, 2.05) is 56.4 Å². The fraction of sp³-hybridized carbons (Fsp3) is 0.333. The van der Waals surface area contributed by atoms with Gasteiger partial charge in [0.2, 0.25) is 0 Å². The largest absolute Gasteiger partial charge is 0.493 e. The lowest BCUT2D eigenvalue weighted by Crippen LogP contribution is -2.13. The minimum Gasteiger partial charge on any atom is -0.493 e. The Hall–Kier alpha value is -2.82. The van der Waals surface area contributed by atoms with Gasteiger partial charge in [-0.15, -0.1) is 0 Å². The minimum absolute atomic E-state index is 0.676. The topological polar surface area (TPSA) is 47.5 Å². The summed E-state index contributed by atoms with van der Waals surface area (Å²) in [5, 5.41) is 1.02. The summed E-state index contributed by atoms with van der Waals surface area (Å²) in [5.41, 5.74) is 1.93. The number of hydrogen-bond acceptors (Lipinski definition) is 5. The molecule has 0 aliphatic carbocycles. The van der Waals surface area contributed by atoms with E-state index < -0.39 is 0 Å². The van der Waals surface area contributed by atoms with Gasteiger partial charge >= 0.3 is 0 Å². The van der Waals surface area contributed by atoms with Crippen LogP contribution in [0.25, 0.3) is 10.9 Å². The van der Waals surface area contributed by atoms with Crippen LogP contribution in [0.15, 0.2) is 42.5 Å². The van der Waals surface area contributed by atoms with Gasteiger partial charge in [0.05, 0.1) is 19.2 Å². The standard InChI is InChI=1S/C21H25N3O2/c1-5-6-13-26-20-14-16(11-12-19(20)25-4)24(3)21-17-9-7-8-10-18(17)22-15(2)23-21/h7-12,14H,5-6,13H2,1-4H3. The Kier molecular flexibility index (Phi) is 5.56. The first kappa shape index (κ1) is 18.0. The molecule has 0 amide bonds. The Morgan fingerprint density at radius 2 is 1.85 bits per heavy atom. The SMILES string of the molecule is CCCCOc1cc(N(C)c2nc(C)nc3ccccc23)ccc1OC. The minimum atomic E-state index is 0.676. The summed E-state index contributed by atoms with van der Waals surface area (Å²) in [7, 11) is 3.67. The lowest BCUT2D eigenvalue weighted by atomic mass is 10.2. The molecule has 0 aliphatic heterocycles. The number of para-hydroxylation sites is 1. The number of ether oxygens (including phenoxy) is 2. The molecular weight excluding hydrogens is 326 g/mol. The second kappa shape index (κ2) is 8.04. The third kappa shape index (κ3) is 3.72. The molecule has 0 unspecified atom stereocenters. The Labute approximate surface area is 154 Å². The third-order valence-corrected chi connectivity index (χ3v) is 4.30. The van der Waals surface area contributed by atoms with Crippen molar-refractivity contribution in [1.29, 1.82) is 0 Å². The maximum atomic E-state index is 5.92. The molecule has 0 radical (unpaired) electrons. The van der Waals surface area contributed by atoms with Gasteiger partial charge in [0.15, 0.2) is 11.5 Å². The number of unbranched alkanes of at least 4 members (excludes halogenated alkanes) is 1. The zero-order valence-corrected chi connectivity index (χ0v) is 15.8. The number of benzene rings is 2. The van der Waals surface area contributed by atoms with E-state index in [4.69, 9.17) is 9.47 Å². The van der Waals surface area contributed by atoms with Crippen LogP contribution in [0, 0.1) is 6.92 Å². The summed E-state index contributed by atoms with van der Waals surface area (Å²) in [6, 6.07) is 14.0. The molecule has 0 saturated heterocycles. The predicted octanol–water partition coefficient (Wildman–Crippen LogP) is 4.89. The van der Waals surface area contributed by atoms with Crippen molar-refractivity contribution in [2.24, 2.45) is 0 Å². The highest BCUT2D eigenvalue weighted by Gasteiger charge is 2.14. The van der Waals surface area contributed by atoms with Crippen molar-refractivity contribution < 1.29 is 9.47 Å². The maximum Gasteiger partial charge on any atom is 0.163 e. The molecular formula is C21H25N3O2. The number of aryl methyl sites for hydroxylation is 1. The van der Waals surface area contributed by atoms with Crippen LogP contribution in [0.5, 0.6) is 11.5 Å². The van der Waals surface area contributed by atoms with Crippen molar-refractivity contribution in [2.75, 3.05) is 25.7 Å². The lowest BCUT2D eigenvalue weighted by Gasteiger charge is -2.22. The highest BCUT2D eigenvalue weighted by atomic mass is 16.5. The van der Waals surface area contributed by atoms with Gasteiger partial charge < -0.3 is 14.4 Å². The van der Waals surface area contributed by atoms with Crippen LogP contribution < -0.4 is 14.4 Å². The predicted molar refractivity (Wildman–Crippen MR) is 106 cm³/mol. The Morgan fingerprint density at radius 1 is 1.04 bits per heavy atom. The Bertz CT molecular complexity index is 896. The van der Waals surface area contributed by atoms with Gasteiger partial charge in [0.1, 0.15) is 11.6 Å². The van der Waals surface area contributed by atoms with Crippen LogP contribution >= 0.6 is 0 Å². The number of aromatic nitrogens is 2. The average molecular weight is 351 g/mol. The van der Waals surface area contributed by atoms with Crippen molar-refractivity contribution >= 4 is 22.4 Å². The number of rotatable bonds is 7. The van der Waals surface area contributed by atoms with Crippen LogP contribution in [0.3, 0.4) is 0 Å². The summed E-state index contributed by atoms with van der Waals surface area (Å²) in [4.78, 5) is 11.3. The van der Waals surface area contributed by atoms with Gasteiger partial charge in [-0.2, -0.15) is 0 Å². The fourth-order valence-electron chi connectivity index (χ4n) is 2.86. The molecule has 0 saturated carbocycles. The maximum absolute atomic E-state index is 5.92. The zero-order valence-electron chi connectivity index (χ0n) is 15.8. The zero-order chi connectivity index (χ0) is 18.5. The molecule has 0 bridgehead atoms. The number of hydrogen-bond donors (Lipinski definition) is 0. The molecule has 0 atom stereocenters. The number of methoxy groups -OCH3 is 1. The highest BCUT2D eigenvalue weighted by Crippen LogP contribution is 2.35. The Morgan fingerprint density at radius 3 is 2.62 bits per heavy atom. The van der Waals surface area contributed by atoms with Crippen LogP contribution in [0.2, 0.25) is 0 Å². The van der Waals surface area contributed by atoms with E-state index in [0.717, 1.165) is 52.6 Å². The van der Waals surface area contributed by atoms with E-state index in [9.17, 15) is 0 Å². The molecule has 3 rings (SSSR count). The molecule has 0 N–H and O–H groups in total.